The van der Waals surface area contributed by atoms with Gasteiger partial charge in [0.2, 0.25) is 0 Å². The van der Waals surface area contributed by atoms with E-state index in [2.05, 4.69) is 9.59 Å². The number of ether oxygens (including phenoxy) is 1. The van der Waals surface area contributed by atoms with Crippen LogP contribution in [0.15, 0.2) is 24.4 Å². The Morgan fingerprint density at radius 2 is 2.24 bits per heavy atom. The van der Waals surface area contributed by atoms with E-state index >= 15 is 0 Å². The number of nitrogens with zero attached hydrogens (tertiary/aromatic N) is 3. The molecule has 0 radical (unpaired) electrons. The van der Waals surface area contributed by atoms with E-state index < -0.39 is 0 Å². The largest absolute Gasteiger partial charge is 0.488 e. The highest BCUT2D eigenvalue weighted by Crippen LogP contribution is 2.28. The summed E-state index contributed by atoms with van der Waals surface area (Å²) in [4.78, 5) is 14.5. The summed E-state index contributed by atoms with van der Waals surface area (Å²) >= 11 is 12.9. The Labute approximate surface area is 135 Å². The van der Waals surface area contributed by atoms with Crippen molar-refractivity contribution < 1.29 is 9.53 Å². The maximum Gasteiger partial charge on any atom is 0.267 e. The SMILES string of the molecule is O=C(c1cnns1)N1CCC(Oc2ccc(Cl)c(Cl)c2)C1. The van der Waals surface area contributed by atoms with Crippen molar-refractivity contribution in [2.24, 2.45) is 0 Å². The Hall–Kier alpha value is -1.37. The Morgan fingerprint density at radius 3 is 2.95 bits per heavy atom. The molecule has 2 heterocycles. The molecule has 0 aliphatic carbocycles. The molecule has 5 nitrogen and oxygen atoms in total. The fourth-order valence-electron chi connectivity index (χ4n) is 2.17. The number of benzene rings is 1. The molecular formula is C13H11Cl2N3O2S. The molecule has 1 fully saturated rings. The van der Waals surface area contributed by atoms with Crippen molar-refractivity contribution in [3.8, 4) is 5.75 Å². The van der Waals surface area contributed by atoms with Crippen LogP contribution in [-0.4, -0.2) is 39.6 Å². The van der Waals surface area contributed by atoms with E-state index in [4.69, 9.17) is 27.9 Å². The zero-order chi connectivity index (χ0) is 14.8. The number of carbonyl (C=O) groups is 1. The third kappa shape index (κ3) is 3.28. The highest BCUT2D eigenvalue weighted by molar-refractivity contribution is 7.07. The molecule has 1 unspecified atom stereocenters. The van der Waals surface area contributed by atoms with Gasteiger partial charge >= 0.3 is 0 Å². The molecule has 1 aromatic carbocycles. The van der Waals surface area contributed by atoms with E-state index in [9.17, 15) is 4.79 Å². The summed E-state index contributed by atoms with van der Waals surface area (Å²) in [5.41, 5.74) is 0. The number of likely N-dealkylation sites (tertiary alicyclic amines) is 1. The molecule has 8 heteroatoms. The first-order valence-electron chi connectivity index (χ1n) is 6.32. The third-order valence-electron chi connectivity index (χ3n) is 3.20. The minimum atomic E-state index is -0.0507. The predicted molar refractivity (Wildman–Crippen MR) is 81.3 cm³/mol. The molecule has 0 bridgehead atoms. The molecule has 0 N–H and O–H groups in total. The van der Waals surface area contributed by atoms with Crippen LogP contribution in [0.5, 0.6) is 5.75 Å². The standard InChI is InChI=1S/C13H11Cl2N3O2S/c14-10-2-1-8(5-11(10)15)20-9-3-4-18(7-9)13(19)12-6-16-17-21-12/h1-2,5-6,9H,3-4,7H2. The lowest BCUT2D eigenvalue weighted by molar-refractivity contribution is 0.0777. The van der Waals surface area contributed by atoms with Crippen LogP contribution in [0.2, 0.25) is 10.0 Å². The minimum absolute atomic E-state index is 0.0490. The van der Waals surface area contributed by atoms with E-state index in [1.54, 1.807) is 23.1 Å². The average molecular weight is 344 g/mol. The molecule has 1 saturated heterocycles. The number of amides is 1. The molecule has 1 aliphatic rings. The highest BCUT2D eigenvalue weighted by Gasteiger charge is 2.29. The van der Waals surface area contributed by atoms with Gasteiger partial charge in [0.25, 0.3) is 5.91 Å². The van der Waals surface area contributed by atoms with Gasteiger partial charge in [0, 0.05) is 19.0 Å². The fraction of sp³-hybridized carbons (Fsp3) is 0.308. The van der Waals surface area contributed by atoms with Gasteiger partial charge in [0.15, 0.2) is 0 Å². The second-order valence-corrected chi connectivity index (χ2v) is 6.24. The van der Waals surface area contributed by atoms with Crippen molar-refractivity contribution in [1.82, 2.24) is 14.5 Å². The van der Waals surface area contributed by atoms with E-state index in [0.717, 1.165) is 18.0 Å². The van der Waals surface area contributed by atoms with Gasteiger partial charge in [0.05, 0.1) is 22.8 Å². The van der Waals surface area contributed by atoms with E-state index in [1.807, 2.05) is 0 Å². The first-order valence-corrected chi connectivity index (χ1v) is 7.85. The number of aromatic nitrogens is 2. The Bertz CT molecular complexity index is 651. The van der Waals surface area contributed by atoms with Gasteiger partial charge in [-0.25, -0.2) is 0 Å². The lowest BCUT2D eigenvalue weighted by Gasteiger charge is -2.16. The van der Waals surface area contributed by atoms with Crippen LogP contribution < -0.4 is 4.74 Å². The molecular weight excluding hydrogens is 333 g/mol. The van der Waals surface area contributed by atoms with Gasteiger partial charge in [0.1, 0.15) is 16.7 Å². The number of hydrogen-bond acceptors (Lipinski definition) is 5. The van der Waals surface area contributed by atoms with Crippen molar-refractivity contribution in [3.63, 3.8) is 0 Å². The van der Waals surface area contributed by atoms with E-state index in [0.29, 0.717) is 33.8 Å². The number of halogens is 2. The molecule has 21 heavy (non-hydrogen) atoms. The molecule has 110 valence electrons. The quantitative estimate of drug-likeness (QED) is 0.858. The lowest BCUT2D eigenvalue weighted by Crippen LogP contribution is -2.30. The van der Waals surface area contributed by atoms with Crippen molar-refractivity contribution in [3.05, 3.63) is 39.3 Å². The highest BCUT2D eigenvalue weighted by atomic mass is 35.5. The van der Waals surface area contributed by atoms with Gasteiger partial charge in [-0.05, 0) is 23.7 Å². The summed E-state index contributed by atoms with van der Waals surface area (Å²) in [6, 6.07) is 5.15. The summed E-state index contributed by atoms with van der Waals surface area (Å²) in [6.45, 7) is 1.19. The van der Waals surface area contributed by atoms with Gasteiger partial charge in [-0.3, -0.25) is 4.79 Å². The van der Waals surface area contributed by atoms with Gasteiger partial charge in [-0.2, -0.15) is 0 Å². The summed E-state index contributed by atoms with van der Waals surface area (Å²) in [5, 5.41) is 4.63. The summed E-state index contributed by atoms with van der Waals surface area (Å²) in [6.07, 6.45) is 2.21. The topological polar surface area (TPSA) is 55.3 Å². The van der Waals surface area contributed by atoms with Crippen LogP contribution in [0, 0.1) is 0 Å². The lowest BCUT2D eigenvalue weighted by atomic mass is 10.3. The van der Waals surface area contributed by atoms with Crippen LogP contribution in [0.4, 0.5) is 0 Å². The van der Waals surface area contributed by atoms with Crippen LogP contribution in [0.3, 0.4) is 0 Å². The molecule has 1 amide bonds. The molecule has 1 aromatic heterocycles. The zero-order valence-corrected chi connectivity index (χ0v) is 13.2. The van der Waals surface area contributed by atoms with Crippen molar-refractivity contribution in [2.45, 2.75) is 12.5 Å². The van der Waals surface area contributed by atoms with Crippen molar-refractivity contribution in [1.29, 1.82) is 0 Å². The Kier molecular flexibility index (Phi) is 4.28. The summed E-state index contributed by atoms with van der Waals surface area (Å²) < 4.78 is 9.55. The van der Waals surface area contributed by atoms with Crippen LogP contribution in [-0.2, 0) is 0 Å². The zero-order valence-electron chi connectivity index (χ0n) is 10.8. The molecule has 0 saturated carbocycles. The van der Waals surface area contributed by atoms with Crippen LogP contribution >= 0.6 is 34.7 Å². The Morgan fingerprint density at radius 1 is 1.38 bits per heavy atom. The third-order valence-corrected chi connectivity index (χ3v) is 4.59. The maximum atomic E-state index is 12.2. The maximum absolute atomic E-state index is 12.2. The summed E-state index contributed by atoms with van der Waals surface area (Å²) in [5.74, 6) is 0.605. The summed E-state index contributed by atoms with van der Waals surface area (Å²) in [7, 11) is 0. The number of hydrogen-bond donors (Lipinski definition) is 0. The van der Waals surface area contributed by atoms with Gasteiger partial charge in [-0.15, -0.1) is 5.10 Å². The van der Waals surface area contributed by atoms with Crippen LogP contribution in [0.25, 0.3) is 0 Å². The van der Waals surface area contributed by atoms with Crippen molar-refractivity contribution in [2.75, 3.05) is 13.1 Å². The Balaban J connectivity index is 1.62. The predicted octanol–water partition coefficient (Wildman–Crippen LogP) is 3.14. The molecule has 1 aliphatic heterocycles. The average Bonchev–Trinajstić information content (AvgIpc) is 3.13. The van der Waals surface area contributed by atoms with E-state index in [1.165, 1.54) is 6.20 Å². The number of rotatable bonds is 3. The first kappa shape index (κ1) is 14.6. The first-order chi connectivity index (χ1) is 10.1. The molecule has 2 aromatic rings. The second kappa shape index (κ2) is 6.17. The van der Waals surface area contributed by atoms with Crippen molar-refractivity contribution >= 4 is 40.6 Å². The molecule has 0 spiro atoms. The monoisotopic (exact) mass is 343 g/mol. The number of carbonyl (C=O) groups excluding carboxylic acids is 1. The minimum Gasteiger partial charge on any atom is -0.488 e. The smallest absolute Gasteiger partial charge is 0.267 e. The van der Waals surface area contributed by atoms with E-state index in [-0.39, 0.29) is 12.0 Å². The normalized spacial score (nSPS) is 18.0. The molecule has 1 atom stereocenters. The van der Waals surface area contributed by atoms with Gasteiger partial charge < -0.3 is 9.64 Å². The van der Waals surface area contributed by atoms with Crippen LogP contribution in [0.1, 0.15) is 16.1 Å². The second-order valence-electron chi connectivity index (χ2n) is 4.64. The fourth-order valence-corrected chi connectivity index (χ4v) is 2.94. The molecule has 3 rings (SSSR count). The van der Waals surface area contributed by atoms with Gasteiger partial charge in [-0.1, -0.05) is 27.7 Å².